The smallest absolute Gasteiger partial charge is 0.246 e. The van der Waals surface area contributed by atoms with Crippen LogP contribution in [0.4, 0.5) is 14.6 Å². The van der Waals surface area contributed by atoms with Gasteiger partial charge in [-0.3, -0.25) is 9.48 Å². The minimum atomic E-state index is -0.807. The molecule has 2 N–H and O–H groups in total. The van der Waals surface area contributed by atoms with E-state index in [-0.39, 0.29) is 46.6 Å². The molecule has 2 fully saturated rings. The van der Waals surface area contributed by atoms with Gasteiger partial charge in [-0.15, -0.1) is 0 Å². The number of anilines is 1. The third kappa shape index (κ3) is 3.88. The molecule has 1 aromatic carbocycles. The lowest BCUT2D eigenvalue weighted by atomic mass is 10.1. The molecule has 1 saturated heterocycles. The number of pyridine rings is 1. The van der Waals surface area contributed by atoms with E-state index < -0.39 is 11.6 Å². The normalized spacial score (nSPS) is 19.2. The Balaban J connectivity index is 1.41. The molecular weight excluding hydrogens is 492 g/mol. The first-order valence-corrected chi connectivity index (χ1v) is 12.3. The molecule has 0 spiro atoms. The Morgan fingerprint density at radius 1 is 1.26 bits per heavy atom. The zero-order valence-corrected chi connectivity index (χ0v) is 20.7. The predicted molar refractivity (Wildman–Crippen MR) is 137 cm³/mol. The van der Waals surface area contributed by atoms with E-state index in [1.165, 1.54) is 12.1 Å². The van der Waals surface area contributed by atoms with Gasteiger partial charge >= 0.3 is 0 Å². The van der Waals surface area contributed by atoms with Crippen LogP contribution in [0.25, 0.3) is 21.9 Å². The molecule has 6 rings (SSSR count). The Bertz CT molecular complexity index is 1660. The van der Waals surface area contributed by atoms with Crippen LogP contribution in [0.2, 0.25) is 0 Å². The summed E-state index contributed by atoms with van der Waals surface area (Å²) in [5.41, 5.74) is 7.21. The monoisotopic (exact) mass is 517 g/mol. The molecule has 38 heavy (non-hydrogen) atoms. The van der Waals surface area contributed by atoms with Crippen LogP contribution in [0, 0.1) is 23.5 Å². The highest BCUT2D eigenvalue weighted by Crippen LogP contribution is 2.38. The van der Waals surface area contributed by atoms with Gasteiger partial charge in [0.2, 0.25) is 5.91 Å². The lowest BCUT2D eigenvalue weighted by Gasteiger charge is -2.22. The van der Waals surface area contributed by atoms with E-state index in [0.717, 1.165) is 12.8 Å². The van der Waals surface area contributed by atoms with Crippen LogP contribution in [-0.2, 0) is 9.53 Å². The first kappa shape index (κ1) is 24.1. The number of imidazole rings is 1. The number of carbonyl (C=O) groups excluding carboxylic acids is 1. The fourth-order valence-corrected chi connectivity index (χ4v) is 5.26. The van der Waals surface area contributed by atoms with E-state index in [2.05, 4.69) is 33.5 Å². The summed E-state index contributed by atoms with van der Waals surface area (Å²) in [7, 11) is 1.58. The number of benzene rings is 1. The number of methoxy groups -OCH3 is 1. The minimum Gasteiger partial charge on any atom is -0.383 e. The molecule has 4 heterocycles. The lowest BCUT2D eigenvalue weighted by Crippen LogP contribution is -2.37. The second-order valence-electron chi connectivity index (χ2n) is 9.63. The summed E-state index contributed by atoms with van der Waals surface area (Å²) in [6.07, 6.45) is 6.90. The average molecular weight is 518 g/mol. The van der Waals surface area contributed by atoms with Crippen molar-refractivity contribution in [3.63, 3.8) is 0 Å². The third-order valence-corrected chi connectivity index (χ3v) is 7.21. The Kier molecular flexibility index (Phi) is 5.84. The minimum absolute atomic E-state index is 0.0845. The molecule has 9 nitrogen and oxygen atoms in total. The largest absolute Gasteiger partial charge is 0.383 e. The maximum Gasteiger partial charge on any atom is 0.246 e. The van der Waals surface area contributed by atoms with Crippen LogP contribution in [0.15, 0.2) is 37.3 Å². The van der Waals surface area contributed by atoms with Crippen molar-refractivity contribution in [2.75, 3.05) is 26.0 Å². The van der Waals surface area contributed by atoms with E-state index in [1.807, 2.05) is 0 Å². The molecule has 0 bridgehead atoms. The van der Waals surface area contributed by atoms with Crippen LogP contribution in [0.3, 0.4) is 0 Å². The summed E-state index contributed by atoms with van der Waals surface area (Å²) in [6, 6.07) is 2.91. The summed E-state index contributed by atoms with van der Waals surface area (Å²) in [6.45, 7) is 4.35. The van der Waals surface area contributed by atoms with Crippen molar-refractivity contribution in [2.24, 2.45) is 0 Å². The van der Waals surface area contributed by atoms with Crippen molar-refractivity contribution in [2.45, 2.75) is 37.4 Å². The number of ether oxygens (including phenoxy) is 1. The quantitative estimate of drug-likeness (QED) is 0.322. The van der Waals surface area contributed by atoms with Crippen LogP contribution in [0.1, 0.15) is 42.6 Å². The summed E-state index contributed by atoms with van der Waals surface area (Å²) in [4.78, 5) is 22.5. The standard InChI is InChI=1S/C27H25F2N7O2/c1-3-23(37)34-12-16(10-17(34)13-38-2)36-21-8-9-31-27(30)24(21)20(33-36)7-6-18-19(28)11-22-26(25(18)29)32-14-35(22)15-4-5-15/h3,8-9,11,14-17H,1,4-5,10,12-13H2,2H3,(H2,30,31)/t16-,17+/m0/s1. The molecule has 1 aliphatic heterocycles. The summed E-state index contributed by atoms with van der Waals surface area (Å²) < 4.78 is 39.2. The van der Waals surface area contributed by atoms with Crippen molar-refractivity contribution >= 4 is 33.7 Å². The number of hydrogen-bond acceptors (Lipinski definition) is 6. The molecule has 4 aromatic rings. The van der Waals surface area contributed by atoms with E-state index in [4.69, 9.17) is 10.5 Å². The van der Waals surface area contributed by atoms with Gasteiger partial charge in [0.05, 0.1) is 47.0 Å². The van der Waals surface area contributed by atoms with Crippen LogP contribution >= 0.6 is 0 Å². The number of fused-ring (bicyclic) bond motifs is 2. The molecule has 0 radical (unpaired) electrons. The van der Waals surface area contributed by atoms with Gasteiger partial charge in [0.25, 0.3) is 0 Å². The zero-order valence-electron chi connectivity index (χ0n) is 20.7. The first-order chi connectivity index (χ1) is 18.4. The lowest BCUT2D eigenvalue weighted by molar-refractivity contribution is -0.127. The van der Waals surface area contributed by atoms with Gasteiger partial charge in [-0.1, -0.05) is 12.5 Å². The average Bonchev–Trinajstić information content (AvgIpc) is 3.34. The maximum atomic E-state index is 15.3. The third-order valence-electron chi connectivity index (χ3n) is 7.21. The van der Waals surface area contributed by atoms with E-state index in [9.17, 15) is 4.79 Å². The van der Waals surface area contributed by atoms with Gasteiger partial charge in [0, 0.05) is 32.0 Å². The fraction of sp³-hybridized carbons (Fsp3) is 0.333. The van der Waals surface area contributed by atoms with Crippen molar-refractivity contribution < 1.29 is 18.3 Å². The molecule has 1 aliphatic carbocycles. The molecule has 11 heteroatoms. The number of nitrogen functional groups attached to an aromatic ring is 1. The summed E-state index contributed by atoms with van der Waals surface area (Å²) in [5.74, 6) is 3.87. The second-order valence-corrected chi connectivity index (χ2v) is 9.63. The molecule has 0 unspecified atom stereocenters. The van der Waals surface area contributed by atoms with E-state index >= 15 is 8.78 Å². The number of amides is 1. The SMILES string of the molecule is C=CC(=O)N1C[C@@H](n2nc(C#Cc3c(F)cc4c(ncn4C4CC4)c3F)c3c(N)nccc32)C[C@@H]1COC. The highest BCUT2D eigenvalue weighted by Gasteiger charge is 2.36. The summed E-state index contributed by atoms with van der Waals surface area (Å²) in [5, 5.41) is 5.16. The highest BCUT2D eigenvalue weighted by molar-refractivity contribution is 5.93. The summed E-state index contributed by atoms with van der Waals surface area (Å²) >= 11 is 0. The zero-order chi connectivity index (χ0) is 26.6. The number of aromatic nitrogens is 5. The van der Waals surface area contributed by atoms with E-state index in [0.29, 0.717) is 36.0 Å². The maximum absolute atomic E-state index is 15.3. The van der Waals surface area contributed by atoms with Crippen molar-refractivity contribution in [3.8, 4) is 11.8 Å². The number of nitrogens with two attached hydrogens (primary N) is 1. The van der Waals surface area contributed by atoms with Gasteiger partial charge in [-0.2, -0.15) is 5.10 Å². The van der Waals surface area contributed by atoms with Gasteiger partial charge in [-0.25, -0.2) is 18.7 Å². The van der Waals surface area contributed by atoms with Crippen LogP contribution in [-0.4, -0.2) is 61.4 Å². The Hall–Kier alpha value is -4.30. The molecule has 1 saturated carbocycles. The van der Waals surface area contributed by atoms with Crippen LogP contribution < -0.4 is 5.73 Å². The topological polar surface area (TPSA) is 104 Å². The number of halogens is 2. The number of rotatable bonds is 5. The molecule has 3 aromatic heterocycles. The van der Waals surface area contributed by atoms with E-state index in [1.54, 1.807) is 39.8 Å². The fourth-order valence-electron chi connectivity index (χ4n) is 5.26. The van der Waals surface area contributed by atoms with Crippen molar-refractivity contribution in [3.05, 3.63) is 60.2 Å². The molecule has 1 amide bonds. The molecule has 2 atom stereocenters. The molecular formula is C27H25F2N7O2. The highest BCUT2D eigenvalue weighted by atomic mass is 19.1. The van der Waals surface area contributed by atoms with Crippen LogP contribution in [0.5, 0.6) is 0 Å². The predicted octanol–water partition coefficient (Wildman–Crippen LogP) is 3.35. The second kappa shape index (κ2) is 9.22. The van der Waals surface area contributed by atoms with Crippen molar-refractivity contribution in [1.29, 1.82) is 0 Å². The van der Waals surface area contributed by atoms with Crippen molar-refractivity contribution in [1.82, 2.24) is 29.2 Å². The Labute approximate surface area is 216 Å². The Morgan fingerprint density at radius 3 is 2.82 bits per heavy atom. The number of likely N-dealkylation sites (tertiary alicyclic amines) is 1. The number of carbonyl (C=O) groups is 1. The molecule has 194 valence electrons. The number of hydrogen-bond donors (Lipinski definition) is 1. The van der Waals surface area contributed by atoms with Gasteiger partial charge < -0.3 is 19.9 Å². The van der Waals surface area contributed by atoms with Gasteiger partial charge in [0.1, 0.15) is 22.8 Å². The number of nitrogens with zero attached hydrogens (tertiary/aromatic N) is 6. The van der Waals surface area contributed by atoms with Gasteiger partial charge in [-0.05, 0) is 37.3 Å². The molecule has 2 aliphatic rings. The first-order valence-electron chi connectivity index (χ1n) is 12.3. The Morgan fingerprint density at radius 2 is 2.08 bits per heavy atom. The van der Waals surface area contributed by atoms with Gasteiger partial charge in [0.15, 0.2) is 5.82 Å².